The van der Waals surface area contributed by atoms with Crippen molar-refractivity contribution in [2.75, 3.05) is 5.33 Å². The van der Waals surface area contributed by atoms with Crippen LogP contribution in [0.1, 0.15) is 112 Å². The van der Waals surface area contributed by atoms with Crippen molar-refractivity contribution in [1.29, 1.82) is 0 Å². The van der Waals surface area contributed by atoms with E-state index in [1.807, 2.05) is 0 Å². The summed E-state index contributed by atoms with van der Waals surface area (Å²) in [6.07, 6.45) is 14.1. The number of halogens is 1. The molecule has 5 fully saturated rings. The quantitative estimate of drug-likeness (QED) is 0.188. The Morgan fingerprint density at radius 2 is 1.79 bits per heavy atom. The highest BCUT2D eigenvalue weighted by atomic mass is 79.9. The molecule has 1 spiro atoms. The van der Waals surface area contributed by atoms with E-state index in [-0.39, 0.29) is 28.7 Å². The second-order valence-corrected chi connectivity index (χ2v) is 14.6. The molecule has 1 aliphatic heterocycles. The van der Waals surface area contributed by atoms with Crippen molar-refractivity contribution < 1.29 is 14.3 Å². The monoisotopic (exact) mass is 536 g/mol. The number of epoxide rings is 1. The van der Waals surface area contributed by atoms with E-state index in [1.54, 1.807) is 6.92 Å². The van der Waals surface area contributed by atoms with E-state index >= 15 is 0 Å². The Morgan fingerprint density at radius 1 is 1.03 bits per heavy atom. The summed E-state index contributed by atoms with van der Waals surface area (Å²) in [6.45, 7) is 14.1. The van der Waals surface area contributed by atoms with Crippen LogP contribution in [0.3, 0.4) is 0 Å². The van der Waals surface area contributed by atoms with Gasteiger partial charge in [-0.05, 0) is 85.9 Å². The standard InChI is InChI=1S/C30H49BrO3/c1-19(2)8-7-9-20(3)24-10-11-25-23-17-29(18-31)30(34-29)16-22(33-21(4)32)12-15-28(30,6)26(23)13-14-27(24,25)5/h19-20,22-26H,7-18H2,1-6H3/t20-,22+,23?,24-,25?,26?,27-,28-,29-,30+/m1/s1. The Hall–Kier alpha value is -0.0900. The third kappa shape index (κ3) is 3.61. The second kappa shape index (κ2) is 8.74. The summed E-state index contributed by atoms with van der Waals surface area (Å²) < 4.78 is 12.6. The maximum Gasteiger partial charge on any atom is 0.302 e. The molecule has 0 N–H and O–H groups in total. The van der Waals surface area contributed by atoms with Crippen molar-refractivity contribution >= 4 is 21.9 Å². The van der Waals surface area contributed by atoms with Gasteiger partial charge < -0.3 is 9.47 Å². The zero-order chi connectivity index (χ0) is 24.5. The molecule has 5 aliphatic rings. The Kier molecular flexibility index (Phi) is 6.57. The van der Waals surface area contributed by atoms with Crippen LogP contribution in [0.2, 0.25) is 0 Å². The Morgan fingerprint density at radius 3 is 2.47 bits per heavy atom. The average molecular weight is 538 g/mol. The lowest BCUT2D eigenvalue weighted by atomic mass is 9.42. The number of ether oxygens (including phenoxy) is 2. The van der Waals surface area contributed by atoms with E-state index in [4.69, 9.17) is 9.47 Å². The smallest absolute Gasteiger partial charge is 0.302 e. The van der Waals surface area contributed by atoms with Crippen LogP contribution in [-0.4, -0.2) is 28.6 Å². The third-order valence-corrected chi connectivity index (χ3v) is 13.0. The highest BCUT2D eigenvalue weighted by molar-refractivity contribution is 9.09. The zero-order valence-corrected chi connectivity index (χ0v) is 24.2. The summed E-state index contributed by atoms with van der Waals surface area (Å²) in [5.41, 5.74) is 0.564. The summed E-state index contributed by atoms with van der Waals surface area (Å²) in [6, 6.07) is 0. The van der Waals surface area contributed by atoms with Gasteiger partial charge in [-0.3, -0.25) is 4.79 Å². The van der Waals surface area contributed by atoms with Crippen LogP contribution in [0.15, 0.2) is 0 Å². The fourth-order valence-electron chi connectivity index (χ4n) is 10.5. The van der Waals surface area contributed by atoms with Crippen molar-refractivity contribution in [3.8, 4) is 0 Å². The molecule has 0 amide bonds. The molecular formula is C30H49BrO3. The number of hydrogen-bond acceptors (Lipinski definition) is 3. The molecule has 1 heterocycles. The van der Waals surface area contributed by atoms with Crippen molar-refractivity contribution in [2.45, 2.75) is 129 Å². The Bertz CT molecular complexity index is 798. The van der Waals surface area contributed by atoms with Gasteiger partial charge in [0.2, 0.25) is 0 Å². The van der Waals surface area contributed by atoms with E-state index in [9.17, 15) is 4.79 Å². The van der Waals surface area contributed by atoms with E-state index in [0.717, 1.165) is 60.1 Å². The van der Waals surface area contributed by atoms with E-state index < -0.39 is 0 Å². The van der Waals surface area contributed by atoms with Crippen molar-refractivity contribution in [3.05, 3.63) is 0 Å². The largest absolute Gasteiger partial charge is 0.462 e. The number of carbonyl (C=O) groups excluding carboxylic acids is 1. The normalized spacial score (nSPS) is 50.1. The van der Waals surface area contributed by atoms with Crippen molar-refractivity contribution in [3.63, 3.8) is 0 Å². The van der Waals surface area contributed by atoms with E-state index in [0.29, 0.717) is 5.41 Å². The van der Waals surface area contributed by atoms with Gasteiger partial charge >= 0.3 is 5.97 Å². The molecule has 0 aromatic heterocycles. The van der Waals surface area contributed by atoms with E-state index in [1.165, 1.54) is 51.4 Å². The fourth-order valence-corrected chi connectivity index (χ4v) is 11.3. The van der Waals surface area contributed by atoms with Crippen molar-refractivity contribution in [1.82, 2.24) is 0 Å². The Labute approximate surface area is 217 Å². The van der Waals surface area contributed by atoms with Gasteiger partial charge in [-0.2, -0.15) is 0 Å². The van der Waals surface area contributed by atoms with Gasteiger partial charge in [0, 0.05) is 24.1 Å². The van der Waals surface area contributed by atoms with Gasteiger partial charge in [0.25, 0.3) is 0 Å². The molecule has 34 heavy (non-hydrogen) atoms. The molecule has 0 radical (unpaired) electrons. The molecule has 4 heteroatoms. The fraction of sp³-hybridized carbons (Fsp3) is 0.967. The summed E-state index contributed by atoms with van der Waals surface area (Å²) in [4.78, 5) is 11.7. The lowest BCUT2D eigenvalue weighted by molar-refractivity contribution is -0.158. The number of rotatable bonds is 7. The Balaban J connectivity index is 1.37. The van der Waals surface area contributed by atoms with Gasteiger partial charge in [-0.25, -0.2) is 0 Å². The first kappa shape index (κ1) is 25.6. The molecule has 0 bridgehead atoms. The lowest BCUT2D eigenvalue weighted by Gasteiger charge is -2.61. The van der Waals surface area contributed by atoms with Gasteiger partial charge in [-0.15, -0.1) is 0 Å². The number of alkyl halides is 1. The highest BCUT2D eigenvalue weighted by Gasteiger charge is 2.83. The molecule has 5 rings (SSSR count). The van der Waals surface area contributed by atoms with Crippen LogP contribution in [0, 0.1) is 46.3 Å². The second-order valence-electron chi connectivity index (χ2n) is 14.1. The van der Waals surface area contributed by atoms with Gasteiger partial charge in [-0.1, -0.05) is 69.8 Å². The molecule has 0 aromatic carbocycles. The first-order valence-electron chi connectivity index (χ1n) is 14.5. The third-order valence-electron chi connectivity index (χ3n) is 12.1. The molecule has 0 aromatic rings. The lowest BCUT2D eigenvalue weighted by Crippen LogP contribution is -2.61. The molecule has 10 atom stereocenters. The predicted octanol–water partition coefficient (Wildman–Crippen LogP) is 7.94. The first-order chi connectivity index (χ1) is 16.0. The van der Waals surface area contributed by atoms with Crippen LogP contribution in [0.5, 0.6) is 0 Å². The van der Waals surface area contributed by atoms with Crippen LogP contribution in [0.4, 0.5) is 0 Å². The molecule has 194 valence electrons. The maximum absolute atomic E-state index is 11.7. The summed E-state index contributed by atoms with van der Waals surface area (Å²) in [5.74, 6) is 4.83. The van der Waals surface area contributed by atoms with Crippen molar-refractivity contribution in [2.24, 2.45) is 46.3 Å². The molecule has 1 saturated heterocycles. The molecule has 3 unspecified atom stereocenters. The van der Waals surface area contributed by atoms with Gasteiger partial charge in [0.15, 0.2) is 0 Å². The molecule has 4 saturated carbocycles. The highest BCUT2D eigenvalue weighted by Crippen LogP contribution is 2.78. The first-order valence-corrected chi connectivity index (χ1v) is 15.6. The summed E-state index contributed by atoms with van der Waals surface area (Å²) in [5, 5.41) is 0.921. The minimum Gasteiger partial charge on any atom is -0.462 e. The molecule has 4 aliphatic carbocycles. The van der Waals surface area contributed by atoms with E-state index in [2.05, 4.69) is 50.5 Å². The SMILES string of the molecule is CC(=O)O[C@H]1CC[C@]2(C)C3CC[C@@]4(C)C(CC[C@@H]4[C@H](C)CCCC(C)C)C3C[C@]3(CBr)O[C@]32C1. The maximum atomic E-state index is 11.7. The van der Waals surface area contributed by atoms with Crippen LogP contribution >= 0.6 is 15.9 Å². The van der Waals surface area contributed by atoms with Crippen LogP contribution in [0.25, 0.3) is 0 Å². The number of hydrogen-bond donors (Lipinski definition) is 0. The predicted molar refractivity (Wildman–Crippen MR) is 141 cm³/mol. The molecule has 3 nitrogen and oxygen atoms in total. The molecular weight excluding hydrogens is 488 g/mol. The number of esters is 1. The minimum atomic E-state index is -0.142. The number of carbonyl (C=O) groups is 1. The minimum absolute atomic E-state index is 0.0273. The topological polar surface area (TPSA) is 38.8 Å². The summed E-state index contributed by atoms with van der Waals surface area (Å²) >= 11 is 3.91. The van der Waals surface area contributed by atoms with Gasteiger partial charge in [0.1, 0.15) is 17.3 Å². The summed E-state index contributed by atoms with van der Waals surface area (Å²) in [7, 11) is 0. The number of fused-ring (bicyclic) bond motifs is 4. The van der Waals surface area contributed by atoms with Crippen LogP contribution in [-0.2, 0) is 14.3 Å². The average Bonchev–Trinajstić information content (AvgIpc) is 3.26. The van der Waals surface area contributed by atoms with Gasteiger partial charge in [0.05, 0.1) is 0 Å². The zero-order valence-electron chi connectivity index (χ0n) is 22.6. The van der Waals surface area contributed by atoms with Crippen LogP contribution < -0.4 is 0 Å².